The Balaban J connectivity index is 0.000000532. The maximum Gasteiger partial charge on any atom is 0.362 e. The van der Waals surface area contributed by atoms with Crippen molar-refractivity contribution in [3.63, 3.8) is 0 Å². The van der Waals surface area contributed by atoms with Crippen LogP contribution in [0.5, 0.6) is 0 Å². The van der Waals surface area contributed by atoms with Crippen LogP contribution in [-0.2, 0) is 19.2 Å². The lowest BCUT2D eigenvalue weighted by Crippen LogP contribution is -2.38. The molecule has 3 aromatic heterocycles. The molecule has 0 bridgehead atoms. The van der Waals surface area contributed by atoms with Crippen molar-refractivity contribution in [1.82, 2.24) is 34.1 Å². The molecule has 4 heterocycles. The maximum atomic E-state index is 12.1. The highest BCUT2D eigenvalue weighted by atomic mass is 35.5. The van der Waals surface area contributed by atoms with Crippen LogP contribution in [0.1, 0.15) is 37.4 Å². The van der Waals surface area contributed by atoms with Gasteiger partial charge in [0.05, 0.1) is 18.5 Å². The minimum Gasteiger partial charge on any atom is -0.387 e. The molecule has 1 aliphatic heterocycles. The number of rotatable bonds is 9. The number of nitrogens with zero attached hydrogens (tertiary/aromatic N) is 6. The molecule has 0 aromatic carbocycles. The van der Waals surface area contributed by atoms with Crippen LogP contribution in [0.15, 0.2) is 31.0 Å². The van der Waals surface area contributed by atoms with Gasteiger partial charge in [-0.05, 0) is 31.8 Å². The molecule has 0 spiro atoms. The molecule has 0 unspecified atom stereocenters. The Morgan fingerprint density at radius 1 is 1.18 bits per heavy atom. The van der Waals surface area contributed by atoms with Crippen molar-refractivity contribution in [3.8, 4) is 0 Å². The molecule has 0 radical (unpaired) electrons. The zero-order valence-electron chi connectivity index (χ0n) is 21.5. The van der Waals surface area contributed by atoms with Crippen LogP contribution >= 0.6 is 11.6 Å². The second-order valence-electron chi connectivity index (χ2n) is 8.26. The summed E-state index contributed by atoms with van der Waals surface area (Å²) in [5.41, 5.74) is 6.05. The van der Waals surface area contributed by atoms with E-state index in [1.165, 1.54) is 55.2 Å². The first-order valence-electron chi connectivity index (χ1n) is 12.0. The third-order valence-electron chi connectivity index (χ3n) is 5.95. The van der Waals surface area contributed by atoms with Crippen molar-refractivity contribution in [2.75, 3.05) is 32.0 Å². The first kappa shape index (κ1) is 30.6. The minimum absolute atomic E-state index is 0.109. The van der Waals surface area contributed by atoms with Crippen LogP contribution in [0.3, 0.4) is 0 Å². The lowest BCUT2D eigenvalue weighted by atomic mass is 10.1. The Morgan fingerprint density at radius 2 is 1.87 bits per heavy atom. The normalized spacial score (nSPS) is 21.1. The van der Waals surface area contributed by atoms with E-state index in [4.69, 9.17) is 26.3 Å². The number of imidazole rings is 1. The number of nitrogens with two attached hydrogens (primary N) is 1. The average Bonchev–Trinajstić information content (AvgIpc) is 3.46. The summed E-state index contributed by atoms with van der Waals surface area (Å²) in [6.07, 6.45) is -1.61. The monoisotopic (exact) mass is 586 g/mol. The van der Waals surface area contributed by atoms with Crippen LogP contribution in [-0.4, -0.2) is 98.5 Å². The van der Waals surface area contributed by atoms with Gasteiger partial charge in [0, 0.05) is 6.20 Å². The Labute approximate surface area is 230 Å². The second kappa shape index (κ2) is 13.4. The SMILES string of the molecule is CCN(CC)CC.Nc1ncnc2c1ncn2[C@@H]1O[C@H](COS(=O)(=O)NC(=O)c2cccnc2Cl)[C@@H](O)[C@H]1O. The molecule has 214 valence electrons. The van der Waals surface area contributed by atoms with Gasteiger partial charge in [-0.3, -0.25) is 13.5 Å². The number of nitrogen functional groups attached to an aromatic ring is 1. The molecular weight excluding hydrogens is 556 g/mol. The molecule has 4 rings (SSSR count). The molecule has 15 nitrogen and oxygen atoms in total. The molecule has 0 aliphatic carbocycles. The average molecular weight is 587 g/mol. The molecular formula is C22H31ClN8O7S. The van der Waals surface area contributed by atoms with Gasteiger partial charge >= 0.3 is 10.3 Å². The summed E-state index contributed by atoms with van der Waals surface area (Å²) in [7, 11) is -4.60. The van der Waals surface area contributed by atoms with Gasteiger partial charge in [-0.2, -0.15) is 8.42 Å². The zero-order valence-corrected chi connectivity index (χ0v) is 23.1. The molecule has 1 fully saturated rings. The molecule has 17 heteroatoms. The van der Waals surface area contributed by atoms with Gasteiger partial charge in [0.2, 0.25) is 0 Å². The van der Waals surface area contributed by atoms with Crippen LogP contribution in [0, 0.1) is 0 Å². The predicted molar refractivity (Wildman–Crippen MR) is 141 cm³/mol. The van der Waals surface area contributed by atoms with Gasteiger partial charge in [0.15, 0.2) is 17.7 Å². The number of aromatic nitrogens is 5. The van der Waals surface area contributed by atoms with Crippen molar-refractivity contribution >= 4 is 44.8 Å². The smallest absolute Gasteiger partial charge is 0.362 e. The summed E-state index contributed by atoms with van der Waals surface area (Å²) in [5.74, 6) is -0.951. The lowest BCUT2D eigenvalue weighted by molar-refractivity contribution is -0.0468. The standard InChI is InChI=1S/C16H16ClN7O7S.C6H15N/c17-12-7(2-1-3-19-12)15(27)23-32(28,29)30-4-8-10(25)11(26)16(31-8)24-6-22-9-13(18)20-5-21-14(9)24;1-4-7(5-2)6-3/h1-3,5-6,8,10-11,16,25-26H,4H2,(H,23,27)(H2,18,20,21);4-6H2,1-3H3/t8-,10-,11-,16-;/m1./s1. The van der Waals surface area contributed by atoms with Crippen molar-refractivity contribution in [1.29, 1.82) is 0 Å². The Kier molecular flexibility index (Phi) is 10.5. The van der Waals surface area contributed by atoms with E-state index >= 15 is 0 Å². The number of aliphatic hydroxyl groups excluding tert-OH is 2. The highest BCUT2D eigenvalue weighted by Gasteiger charge is 2.45. The van der Waals surface area contributed by atoms with Crippen LogP contribution in [0.25, 0.3) is 11.2 Å². The molecule has 39 heavy (non-hydrogen) atoms. The number of hydrogen-bond acceptors (Lipinski definition) is 13. The number of hydrogen-bond donors (Lipinski definition) is 4. The number of amides is 1. The molecule has 0 saturated carbocycles. The van der Waals surface area contributed by atoms with E-state index in [9.17, 15) is 23.4 Å². The van der Waals surface area contributed by atoms with E-state index in [2.05, 4.69) is 45.6 Å². The van der Waals surface area contributed by atoms with Gasteiger partial charge in [-0.1, -0.05) is 32.4 Å². The highest BCUT2D eigenvalue weighted by molar-refractivity contribution is 7.85. The van der Waals surface area contributed by atoms with Crippen molar-refractivity contribution in [2.45, 2.75) is 45.3 Å². The second-order valence-corrected chi connectivity index (χ2v) is 9.97. The number of halogens is 1. The van der Waals surface area contributed by atoms with E-state index in [-0.39, 0.29) is 27.7 Å². The fourth-order valence-electron chi connectivity index (χ4n) is 3.73. The Hall–Kier alpha value is -2.99. The molecule has 1 amide bonds. The molecule has 1 saturated heterocycles. The summed E-state index contributed by atoms with van der Waals surface area (Å²) >= 11 is 5.77. The van der Waals surface area contributed by atoms with Crippen molar-refractivity contribution < 1.29 is 32.3 Å². The quantitative estimate of drug-likeness (QED) is 0.246. The number of carbonyl (C=O) groups excluding carboxylic acids is 1. The minimum atomic E-state index is -4.60. The first-order valence-corrected chi connectivity index (χ1v) is 13.8. The third-order valence-corrected chi connectivity index (χ3v) is 7.13. The Bertz CT molecular complexity index is 1370. The predicted octanol–water partition coefficient (Wildman–Crippen LogP) is 0.116. The number of ether oxygens (including phenoxy) is 1. The van der Waals surface area contributed by atoms with E-state index in [0.29, 0.717) is 0 Å². The fourth-order valence-corrected chi connectivity index (χ4v) is 4.65. The van der Waals surface area contributed by atoms with Gasteiger partial charge in [-0.15, -0.1) is 0 Å². The van der Waals surface area contributed by atoms with E-state index < -0.39 is 47.4 Å². The van der Waals surface area contributed by atoms with E-state index in [1.54, 1.807) is 4.72 Å². The van der Waals surface area contributed by atoms with E-state index in [0.717, 1.165) is 0 Å². The van der Waals surface area contributed by atoms with Crippen LogP contribution in [0.2, 0.25) is 5.15 Å². The summed E-state index contributed by atoms with van der Waals surface area (Å²) < 4.78 is 37.6. The number of nitrogens with one attached hydrogen (secondary N) is 1. The Morgan fingerprint density at radius 3 is 2.49 bits per heavy atom. The van der Waals surface area contributed by atoms with Gasteiger partial charge < -0.3 is 25.6 Å². The lowest BCUT2D eigenvalue weighted by Gasteiger charge is -2.16. The molecule has 4 atom stereocenters. The summed E-state index contributed by atoms with van der Waals surface area (Å²) in [6.45, 7) is 9.42. The summed E-state index contributed by atoms with van der Waals surface area (Å²) in [4.78, 5) is 30.1. The molecule has 3 aromatic rings. The van der Waals surface area contributed by atoms with Gasteiger partial charge in [-0.25, -0.2) is 24.7 Å². The van der Waals surface area contributed by atoms with Gasteiger partial charge in [0.1, 0.15) is 35.3 Å². The summed E-state index contributed by atoms with van der Waals surface area (Å²) in [5, 5.41) is 20.5. The third kappa shape index (κ3) is 7.36. The maximum absolute atomic E-state index is 12.1. The van der Waals surface area contributed by atoms with Crippen LogP contribution in [0.4, 0.5) is 5.82 Å². The summed E-state index contributed by atoms with van der Waals surface area (Å²) in [6, 6.07) is 2.67. The van der Waals surface area contributed by atoms with Crippen molar-refractivity contribution in [2.24, 2.45) is 0 Å². The number of aliphatic hydroxyl groups is 2. The largest absolute Gasteiger partial charge is 0.387 e. The number of pyridine rings is 1. The number of carbonyl (C=O) groups is 1. The van der Waals surface area contributed by atoms with Crippen molar-refractivity contribution in [3.05, 3.63) is 41.7 Å². The first-order chi connectivity index (χ1) is 18.5. The number of anilines is 1. The fraction of sp³-hybridized carbons (Fsp3) is 0.500. The van der Waals surface area contributed by atoms with Gasteiger partial charge in [0.25, 0.3) is 5.91 Å². The topological polar surface area (TPSA) is 208 Å². The molecule has 5 N–H and O–H groups in total. The molecule has 1 aliphatic rings. The number of fused-ring (bicyclic) bond motifs is 1. The van der Waals surface area contributed by atoms with E-state index in [1.807, 2.05) is 0 Å². The highest BCUT2D eigenvalue weighted by Crippen LogP contribution is 2.32. The zero-order chi connectivity index (χ0) is 28.7. The van der Waals surface area contributed by atoms with Crippen LogP contribution < -0.4 is 10.5 Å².